The Balaban J connectivity index is 2.44. The number of carbonyl (C=O) groups is 1. The van der Waals surface area contributed by atoms with Gasteiger partial charge in [0.2, 0.25) is 0 Å². The Hall–Kier alpha value is -0.650. The third-order valence-corrected chi connectivity index (χ3v) is 3.76. The molecule has 0 aromatic carbocycles. The quantitative estimate of drug-likeness (QED) is 0.711. The summed E-state index contributed by atoms with van der Waals surface area (Å²) in [7, 11) is 1.74. The molecule has 1 saturated heterocycles. The number of carboxylic acids is 1. The molecule has 1 fully saturated rings. The van der Waals surface area contributed by atoms with Crippen molar-refractivity contribution in [1.29, 1.82) is 0 Å². The van der Waals surface area contributed by atoms with Crippen molar-refractivity contribution in [2.75, 3.05) is 33.3 Å². The van der Waals surface area contributed by atoms with E-state index in [0.717, 1.165) is 32.5 Å². The zero-order chi connectivity index (χ0) is 13.6. The maximum atomic E-state index is 11.3. The topological polar surface area (TPSA) is 61.8 Å². The van der Waals surface area contributed by atoms with Gasteiger partial charge >= 0.3 is 5.97 Å². The third kappa shape index (κ3) is 4.23. The summed E-state index contributed by atoms with van der Waals surface area (Å²) in [5.41, 5.74) is -0.825. The monoisotopic (exact) mass is 258 g/mol. The first-order chi connectivity index (χ1) is 8.51. The first-order valence-electron chi connectivity index (χ1n) is 6.75. The Morgan fingerprint density at radius 2 is 2.33 bits per heavy atom. The summed E-state index contributed by atoms with van der Waals surface area (Å²) in [5, 5.41) is 12.4. The van der Waals surface area contributed by atoms with Gasteiger partial charge in [0.1, 0.15) is 5.54 Å². The van der Waals surface area contributed by atoms with Crippen LogP contribution in [-0.4, -0.2) is 60.9 Å². The van der Waals surface area contributed by atoms with Gasteiger partial charge in [-0.15, -0.1) is 0 Å². The summed E-state index contributed by atoms with van der Waals surface area (Å²) >= 11 is 0. The maximum absolute atomic E-state index is 11.3. The average Bonchev–Trinajstić information content (AvgIpc) is 2.37. The highest BCUT2D eigenvalue weighted by Gasteiger charge is 2.32. The highest BCUT2D eigenvalue weighted by molar-refractivity contribution is 5.78. The first-order valence-corrected chi connectivity index (χ1v) is 6.75. The predicted molar refractivity (Wildman–Crippen MR) is 70.8 cm³/mol. The molecular weight excluding hydrogens is 232 g/mol. The Morgan fingerprint density at radius 3 is 2.89 bits per heavy atom. The van der Waals surface area contributed by atoms with E-state index in [1.54, 1.807) is 14.0 Å². The molecule has 2 N–H and O–H groups in total. The molecule has 5 nitrogen and oxygen atoms in total. The number of carboxylic acid groups (broad SMARTS) is 1. The molecule has 0 amide bonds. The fraction of sp³-hybridized carbons (Fsp3) is 0.923. The zero-order valence-corrected chi connectivity index (χ0v) is 11.7. The first kappa shape index (κ1) is 15.4. The predicted octanol–water partition coefficient (Wildman–Crippen LogP) is 0.940. The lowest BCUT2D eigenvalue weighted by Gasteiger charge is -2.34. The molecule has 2 atom stereocenters. The lowest BCUT2D eigenvalue weighted by atomic mass is 9.96. The normalized spacial score (nSPS) is 24.7. The van der Waals surface area contributed by atoms with Crippen molar-refractivity contribution in [3.8, 4) is 0 Å². The zero-order valence-electron chi connectivity index (χ0n) is 11.7. The van der Waals surface area contributed by atoms with Gasteiger partial charge in [0.15, 0.2) is 0 Å². The number of hydrogen-bond donors (Lipinski definition) is 2. The molecule has 2 unspecified atom stereocenters. The largest absolute Gasteiger partial charge is 0.480 e. The second kappa shape index (κ2) is 7.07. The Labute approximate surface area is 109 Å². The van der Waals surface area contributed by atoms with Gasteiger partial charge in [0.25, 0.3) is 0 Å². The van der Waals surface area contributed by atoms with Crippen molar-refractivity contribution in [2.45, 2.75) is 44.8 Å². The molecular formula is C13H26N2O3. The van der Waals surface area contributed by atoms with E-state index in [2.05, 4.69) is 10.2 Å². The minimum absolute atomic E-state index is 0.300. The fourth-order valence-corrected chi connectivity index (χ4v) is 2.45. The van der Waals surface area contributed by atoms with Gasteiger partial charge in [-0.3, -0.25) is 4.79 Å². The molecule has 1 aliphatic rings. The number of aliphatic carboxylic acids is 1. The minimum atomic E-state index is -0.825. The van der Waals surface area contributed by atoms with Crippen LogP contribution in [-0.2, 0) is 9.53 Å². The van der Waals surface area contributed by atoms with E-state index in [9.17, 15) is 9.90 Å². The van der Waals surface area contributed by atoms with Crippen LogP contribution < -0.4 is 5.32 Å². The van der Waals surface area contributed by atoms with E-state index in [-0.39, 0.29) is 0 Å². The van der Waals surface area contributed by atoms with Crippen molar-refractivity contribution >= 4 is 5.97 Å². The van der Waals surface area contributed by atoms with E-state index >= 15 is 0 Å². The fourth-order valence-electron chi connectivity index (χ4n) is 2.45. The van der Waals surface area contributed by atoms with Crippen molar-refractivity contribution in [3.05, 3.63) is 0 Å². The van der Waals surface area contributed by atoms with Crippen LogP contribution in [0.1, 0.15) is 33.1 Å². The van der Waals surface area contributed by atoms with Gasteiger partial charge in [-0.05, 0) is 39.3 Å². The number of ether oxygens (including phenoxy) is 1. The van der Waals surface area contributed by atoms with E-state index < -0.39 is 11.5 Å². The molecule has 1 rings (SSSR count). The summed E-state index contributed by atoms with van der Waals surface area (Å²) in [6.45, 7) is 7.12. The molecule has 0 aromatic heterocycles. The van der Waals surface area contributed by atoms with Crippen LogP contribution in [0.15, 0.2) is 0 Å². The number of nitrogens with zero attached hydrogens (tertiary/aromatic N) is 1. The molecule has 0 aliphatic carbocycles. The van der Waals surface area contributed by atoms with Crippen molar-refractivity contribution in [3.63, 3.8) is 0 Å². The van der Waals surface area contributed by atoms with Crippen LogP contribution in [0.5, 0.6) is 0 Å². The lowest BCUT2D eigenvalue weighted by Crippen LogP contribution is -2.52. The Bertz CT molecular complexity index is 273. The maximum Gasteiger partial charge on any atom is 0.323 e. The molecule has 0 radical (unpaired) electrons. The van der Waals surface area contributed by atoms with Crippen molar-refractivity contribution < 1.29 is 14.6 Å². The standard InChI is InChI=1S/C13H26N2O3/c1-4-14-13(2,12(16)17)7-9-15-8-5-6-11(10-15)18-3/h11,14H,4-10H2,1-3H3,(H,16,17). The van der Waals surface area contributed by atoms with Gasteiger partial charge < -0.3 is 20.1 Å². The summed E-state index contributed by atoms with van der Waals surface area (Å²) < 4.78 is 5.37. The molecule has 1 aliphatic heterocycles. The molecule has 106 valence electrons. The molecule has 0 spiro atoms. The van der Waals surface area contributed by atoms with Gasteiger partial charge in [-0.1, -0.05) is 6.92 Å². The second-order valence-electron chi connectivity index (χ2n) is 5.22. The highest BCUT2D eigenvalue weighted by atomic mass is 16.5. The Morgan fingerprint density at radius 1 is 1.61 bits per heavy atom. The molecule has 1 heterocycles. The Kier molecular flexibility index (Phi) is 6.05. The summed E-state index contributed by atoms with van der Waals surface area (Å²) in [5.74, 6) is -0.773. The van der Waals surface area contributed by atoms with Crippen LogP contribution in [0.25, 0.3) is 0 Å². The number of hydrogen-bond acceptors (Lipinski definition) is 4. The third-order valence-electron chi connectivity index (χ3n) is 3.76. The number of likely N-dealkylation sites (N-methyl/N-ethyl adjacent to an activating group) is 1. The molecule has 18 heavy (non-hydrogen) atoms. The number of likely N-dealkylation sites (tertiary alicyclic amines) is 1. The van der Waals surface area contributed by atoms with E-state index in [0.29, 0.717) is 19.1 Å². The highest BCUT2D eigenvalue weighted by Crippen LogP contribution is 2.16. The van der Waals surface area contributed by atoms with Gasteiger partial charge in [-0.25, -0.2) is 0 Å². The second-order valence-corrected chi connectivity index (χ2v) is 5.22. The number of methoxy groups -OCH3 is 1. The van der Waals surface area contributed by atoms with E-state index in [1.165, 1.54) is 0 Å². The lowest BCUT2D eigenvalue weighted by molar-refractivity contribution is -0.144. The van der Waals surface area contributed by atoms with Crippen molar-refractivity contribution in [1.82, 2.24) is 10.2 Å². The van der Waals surface area contributed by atoms with Crippen LogP contribution in [0.4, 0.5) is 0 Å². The van der Waals surface area contributed by atoms with Crippen LogP contribution >= 0.6 is 0 Å². The van der Waals surface area contributed by atoms with Crippen molar-refractivity contribution in [2.24, 2.45) is 0 Å². The molecule has 0 bridgehead atoms. The average molecular weight is 258 g/mol. The molecule has 5 heteroatoms. The SMILES string of the molecule is CCNC(C)(CCN1CCCC(OC)C1)C(=O)O. The van der Waals surface area contributed by atoms with E-state index in [1.807, 2.05) is 6.92 Å². The smallest absolute Gasteiger partial charge is 0.323 e. The van der Waals surface area contributed by atoms with Crippen LogP contribution in [0.3, 0.4) is 0 Å². The molecule has 0 saturated carbocycles. The molecule has 0 aromatic rings. The number of piperidine rings is 1. The summed E-state index contributed by atoms with van der Waals surface area (Å²) in [6, 6.07) is 0. The summed E-state index contributed by atoms with van der Waals surface area (Å²) in [4.78, 5) is 13.6. The van der Waals surface area contributed by atoms with Gasteiger partial charge in [0, 0.05) is 20.2 Å². The summed E-state index contributed by atoms with van der Waals surface area (Å²) in [6.07, 6.45) is 3.15. The van der Waals surface area contributed by atoms with Gasteiger partial charge in [0.05, 0.1) is 6.10 Å². The van der Waals surface area contributed by atoms with Gasteiger partial charge in [-0.2, -0.15) is 0 Å². The van der Waals surface area contributed by atoms with Crippen LogP contribution in [0, 0.1) is 0 Å². The van der Waals surface area contributed by atoms with Crippen LogP contribution in [0.2, 0.25) is 0 Å². The van der Waals surface area contributed by atoms with E-state index in [4.69, 9.17) is 4.74 Å². The number of nitrogens with one attached hydrogen (secondary N) is 1. The number of rotatable bonds is 7. The minimum Gasteiger partial charge on any atom is -0.480 e.